The van der Waals surface area contributed by atoms with Crippen molar-refractivity contribution in [3.05, 3.63) is 70.7 Å². The van der Waals surface area contributed by atoms with Crippen LogP contribution in [0.25, 0.3) is 0 Å². The second-order valence-electron chi connectivity index (χ2n) is 7.33. The van der Waals surface area contributed by atoms with Crippen molar-refractivity contribution in [2.45, 2.75) is 30.9 Å². The number of benzene rings is 2. The minimum absolute atomic E-state index is 0.0391. The molecule has 0 aliphatic carbocycles. The molecule has 2 fully saturated rings. The van der Waals surface area contributed by atoms with Gasteiger partial charge in [0.2, 0.25) is 0 Å². The van der Waals surface area contributed by atoms with Gasteiger partial charge in [-0.2, -0.15) is 0 Å². The van der Waals surface area contributed by atoms with Gasteiger partial charge in [0.15, 0.2) is 0 Å². The average molecular weight is 357 g/mol. The lowest BCUT2D eigenvalue weighted by atomic mass is 9.79. The maximum Gasteiger partial charge on any atom is 0.0973 e. The molecule has 3 nitrogen and oxygen atoms in total. The van der Waals surface area contributed by atoms with Crippen molar-refractivity contribution >= 4 is 11.6 Å². The second-order valence-corrected chi connectivity index (χ2v) is 7.77. The van der Waals surface area contributed by atoms with Gasteiger partial charge in [-0.05, 0) is 42.0 Å². The van der Waals surface area contributed by atoms with E-state index in [9.17, 15) is 0 Å². The van der Waals surface area contributed by atoms with E-state index in [2.05, 4.69) is 52.7 Å². The molecular formula is C21H25ClN2O. The van der Waals surface area contributed by atoms with E-state index in [1.54, 1.807) is 0 Å². The van der Waals surface area contributed by atoms with Gasteiger partial charge in [0.05, 0.1) is 12.3 Å². The third-order valence-corrected chi connectivity index (χ3v) is 5.69. The standard InChI is InChI=1S/C21H25ClN2O/c22-20-8-6-18(7-9-20)19-12-21(10-11-23-16-25-21)15-24(14-19)13-17-4-2-1-3-5-17/h1-9,19,23H,10-16H2. The van der Waals surface area contributed by atoms with Crippen LogP contribution in [-0.2, 0) is 11.3 Å². The van der Waals surface area contributed by atoms with Gasteiger partial charge in [-0.1, -0.05) is 54.1 Å². The largest absolute Gasteiger partial charge is 0.358 e. The van der Waals surface area contributed by atoms with Crippen molar-refractivity contribution < 1.29 is 4.74 Å². The molecule has 2 aliphatic rings. The zero-order valence-electron chi connectivity index (χ0n) is 14.5. The molecule has 25 heavy (non-hydrogen) atoms. The van der Waals surface area contributed by atoms with E-state index in [4.69, 9.17) is 16.3 Å². The summed E-state index contributed by atoms with van der Waals surface area (Å²) in [6.07, 6.45) is 2.16. The summed E-state index contributed by atoms with van der Waals surface area (Å²) in [4.78, 5) is 2.56. The molecule has 0 aromatic heterocycles. The lowest BCUT2D eigenvalue weighted by Crippen LogP contribution is -2.56. The number of nitrogens with one attached hydrogen (secondary N) is 1. The molecule has 4 rings (SSSR count). The fourth-order valence-corrected chi connectivity index (χ4v) is 4.36. The van der Waals surface area contributed by atoms with Crippen LogP contribution in [0.2, 0.25) is 5.02 Å². The molecule has 2 aromatic rings. The minimum Gasteiger partial charge on any atom is -0.358 e. The Kier molecular flexibility index (Phi) is 5.09. The van der Waals surface area contributed by atoms with E-state index in [1.165, 1.54) is 11.1 Å². The number of hydrogen-bond donors (Lipinski definition) is 1. The highest BCUT2D eigenvalue weighted by atomic mass is 35.5. The maximum atomic E-state index is 6.27. The Morgan fingerprint density at radius 3 is 2.64 bits per heavy atom. The van der Waals surface area contributed by atoms with Crippen LogP contribution in [0.15, 0.2) is 54.6 Å². The molecule has 2 aromatic carbocycles. The van der Waals surface area contributed by atoms with Crippen LogP contribution < -0.4 is 5.32 Å². The van der Waals surface area contributed by atoms with Crippen LogP contribution in [-0.4, -0.2) is 36.9 Å². The summed E-state index contributed by atoms with van der Waals surface area (Å²) < 4.78 is 6.27. The molecular weight excluding hydrogens is 332 g/mol. The van der Waals surface area contributed by atoms with Crippen LogP contribution in [0.1, 0.15) is 29.9 Å². The Labute approximate surface area is 154 Å². The predicted octanol–water partition coefficient (Wildman–Crippen LogP) is 4.04. The SMILES string of the molecule is Clc1ccc(C2CN(Cc3ccccc3)CC3(CCNCO3)C2)cc1. The molecule has 0 radical (unpaired) electrons. The zero-order chi connectivity index (χ0) is 17.1. The van der Waals surface area contributed by atoms with Crippen molar-refractivity contribution in [1.29, 1.82) is 0 Å². The Hall–Kier alpha value is -1.39. The van der Waals surface area contributed by atoms with Crippen molar-refractivity contribution in [3.63, 3.8) is 0 Å². The van der Waals surface area contributed by atoms with Crippen molar-refractivity contribution in [2.75, 3.05) is 26.4 Å². The van der Waals surface area contributed by atoms with E-state index in [0.717, 1.165) is 44.0 Å². The first kappa shape index (κ1) is 17.0. The smallest absolute Gasteiger partial charge is 0.0973 e. The first-order chi connectivity index (χ1) is 12.2. The van der Waals surface area contributed by atoms with Gasteiger partial charge in [0.1, 0.15) is 0 Å². The van der Waals surface area contributed by atoms with Crippen LogP contribution in [0.4, 0.5) is 0 Å². The lowest BCUT2D eigenvalue weighted by molar-refractivity contribution is -0.127. The summed E-state index contributed by atoms with van der Waals surface area (Å²) in [7, 11) is 0. The van der Waals surface area contributed by atoms with Crippen LogP contribution >= 0.6 is 11.6 Å². The van der Waals surface area contributed by atoms with Gasteiger partial charge >= 0.3 is 0 Å². The summed E-state index contributed by atoms with van der Waals surface area (Å²) in [6.45, 7) is 4.74. The molecule has 2 unspecified atom stereocenters. The number of nitrogens with zero attached hydrogens (tertiary/aromatic N) is 1. The number of rotatable bonds is 3. The Balaban J connectivity index is 1.57. The van der Waals surface area contributed by atoms with Gasteiger partial charge in [0, 0.05) is 31.2 Å². The topological polar surface area (TPSA) is 24.5 Å². The van der Waals surface area contributed by atoms with Gasteiger partial charge in [-0.3, -0.25) is 10.2 Å². The third-order valence-electron chi connectivity index (χ3n) is 5.44. The van der Waals surface area contributed by atoms with Crippen LogP contribution in [0, 0.1) is 0 Å². The molecule has 2 atom stereocenters. The van der Waals surface area contributed by atoms with E-state index in [-0.39, 0.29) is 5.60 Å². The fourth-order valence-electron chi connectivity index (χ4n) is 4.23. The van der Waals surface area contributed by atoms with Crippen LogP contribution in [0.3, 0.4) is 0 Å². The number of hydrogen-bond acceptors (Lipinski definition) is 3. The molecule has 1 spiro atoms. The highest BCUT2D eigenvalue weighted by Gasteiger charge is 2.42. The Bertz CT molecular complexity index is 683. The molecule has 0 bridgehead atoms. The summed E-state index contributed by atoms with van der Waals surface area (Å²) in [5.74, 6) is 0.479. The fraction of sp³-hybridized carbons (Fsp3) is 0.429. The van der Waals surface area contributed by atoms with Crippen molar-refractivity contribution in [1.82, 2.24) is 10.2 Å². The number of ether oxygens (including phenoxy) is 1. The summed E-state index contributed by atoms with van der Waals surface area (Å²) in [5.41, 5.74) is 2.69. The first-order valence-electron chi connectivity index (χ1n) is 9.09. The maximum absolute atomic E-state index is 6.27. The molecule has 2 heterocycles. The predicted molar refractivity (Wildman–Crippen MR) is 102 cm³/mol. The highest BCUT2D eigenvalue weighted by molar-refractivity contribution is 6.30. The van der Waals surface area contributed by atoms with Gasteiger partial charge < -0.3 is 4.74 Å². The Morgan fingerprint density at radius 2 is 1.92 bits per heavy atom. The first-order valence-corrected chi connectivity index (χ1v) is 9.47. The molecule has 2 aliphatic heterocycles. The average Bonchev–Trinajstić information content (AvgIpc) is 2.63. The molecule has 4 heteroatoms. The molecule has 1 N–H and O–H groups in total. The second kappa shape index (κ2) is 7.46. The highest BCUT2D eigenvalue weighted by Crippen LogP contribution is 2.38. The molecule has 0 amide bonds. The van der Waals surface area contributed by atoms with E-state index < -0.39 is 0 Å². The minimum atomic E-state index is -0.0391. The molecule has 132 valence electrons. The van der Waals surface area contributed by atoms with Crippen molar-refractivity contribution in [2.24, 2.45) is 0 Å². The molecule has 2 saturated heterocycles. The van der Waals surface area contributed by atoms with E-state index >= 15 is 0 Å². The monoisotopic (exact) mass is 356 g/mol. The van der Waals surface area contributed by atoms with E-state index in [0.29, 0.717) is 12.6 Å². The summed E-state index contributed by atoms with van der Waals surface area (Å²) in [5, 5.41) is 4.12. The summed E-state index contributed by atoms with van der Waals surface area (Å²) >= 11 is 6.09. The van der Waals surface area contributed by atoms with Crippen LogP contribution in [0.5, 0.6) is 0 Å². The Morgan fingerprint density at radius 1 is 1.12 bits per heavy atom. The number of halogens is 1. The third kappa shape index (κ3) is 4.06. The number of likely N-dealkylation sites (tertiary alicyclic amines) is 1. The van der Waals surface area contributed by atoms with Gasteiger partial charge in [-0.15, -0.1) is 0 Å². The number of piperidine rings is 1. The van der Waals surface area contributed by atoms with Gasteiger partial charge in [-0.25, -0.2) is 0 Å². The molecule has 0 saturated carbocycles. The zero-order valence-corrected chi connectivity index (χ0v) is 15.2. The quantitative estimate of drug-likeness (QED) is 0.898. The normalized spacial score (nSPS) is 27.5. The lowest BCUT2D eigenvalue weighted by Gasteiger charge is -2.48. The summed E-state index contributed by atoms with van der Waals surface area (Å²) in [6, 6.07) is 19.1. The van der Waals surface area contributed by atoms with E-state index in [1.807, 2.05) is 12.1 Å². The van der Waals surface area contributed by atoms with Crippen molar-refractivity contribution in [3.8, 4) is 0 Å². The van der Waals surface area contributed by atoms with Gasteiger partial charge in [0.25, 0.3) is 0 Å².